The van der Waals surface area contributed by atoms with Gasteiger partial charge in [-0.3, -0.25) is 4.79 Å². The summed E-state index contributed by atoms with van der Waals surface area (Å²) in [5, 5.41) is 10.6. The van der Waals surface area contributed by atoms with Crippen molar-refractivity contribution in [3.63, 3.8) is 0 Å². The number of aromatic nitrogens is 1. The first-order chi connectivity index (χ1) is 16.0. The summed E-state index contributed by atoms with van der Waals surface area (Å²) in [6.45, 7) is 6.32. The lowest BCUT2D eigenvalue weighted by molar-refractivity contribution is -0.136. The van der Waals surface area contributed by atoms with E-state index < -0.39 is 16.0 Å². The van der Waals surface area contributed by atoms with Gasteiger partial charge in [-0.05, 0) is 59.2 Å². The highest BCUT2D eigenvalue weighted by atomic mass is 35.5. The van der Waals surface area contributed by atoms with E-state index in [0.717, 1.165) is 48.6 Å². The largest absolute Gasteiger partial charge is 0.481 e. The molecule has 6 nitrogen and oxygen atoms in total. The number of aliphatic carboxylic acids is 1. The van der Waals surface area contributed by atoms with E-state index in [1.807, 2.05) is 18.2 Å². The van der Waals surface area contributed by atoms with Crippen molar-refractivity contribution in [3.8, 4) is 11.3 Å². The number of hydrogen-bond acceptors (Lipinski definition) is 3. The van der Waals surface area contributed by atoms with Crippen LogP contribution in [0.3, 0.4) is 0 Å². The number of halogens is 1. The number of carboxylic acids is 1. The van der Waals surface area contributed by atoms with Crippen molar-refractivity contribution >= 4 is 38.5 Å². The molecule has 0 bridgehead atoms. The zero-order valence-corrected chi connectivity index (χ0v) is 21.3. The Labute approximate surface area is 205 Å². The van der Waals surface area contributed by atoms with Crippen LogP contribution in [0.4, 0.5) is 0 Å². The summed E-state index contributed by atoms with van der Waals surface area (Å²) in [6, 6.07) is 10.7. The molecule has 1 aliphatic carbocycles. The molecule has 3 N–H and O–H groups in total. The molecule has 0 amide bonds. The number of carbonyl (C=O) groups is 1. The number of aromatic amines is 1. The van der Waals surface area contributed by atoms with Crippen molar-refractivity contribution in [3.05, 3.63) is 52.5 Å². The SMILES string of the molecule is CC(C)(C)c1ccc2[nH]c(-c3ccc(Cl)c(S(=O)(=O)NC4CCCCC4)c3)c(CC(=O)O)c2c1. The molecule has 34 heavy (non-hydrogen) atoms. The average Bonchev–Trinajstić information content (AvgIpc) is 3.11. The third kappa shape index (κ3) is 5.16. The standard InChI is InChI=1S/C26H31ClN2O4S/c1-26(2,3)17-10-12-22-19(14-17)20(15-24(30)31)25(28-22)16-9-11-21(27)23(13-16)34(32,33)29-18-7-5-4-6-8-18/h9-14,18,28-29H,4-8,15H2,1-3H3,(H,30,31). The van der Waals surface area contributed by atoms with Crippen LogP contribution in [0.25, 0.3) is 22.2 Å². The zero-order valence-electron chi connectivity index (χ0n) is 19.7. The summed E-state index contributed by atoms with van der Waals surface area (Å²) in [7, 11) is -3.83. The highest BCUT2D eigenvalue weighted by molar-refractivity contribution is 7.89. The van der Waals surface area contributed by atoms with Gasteiger partial charge in [-0.2, -0.15) is 0 Å². The van der Waals surface area contributed by atoms with E-state index in [1.54, 1.807) is 12.1 Å². The molecule has 182 valence electrons. The molecular weight excluding hydrogens is 472 g/mol. The third-order valence-corrected chi connectivity index (χ3v) is 8.54. The Morgan fingerprint density at radius 1 is 1.12 bits per heavy atom. The maximum absolute atomic E-state index is 13.2. The van der Waals surface area contributed by atoms with Crippen LogP contribution in [0.5, 0.6) is 0 Å². The fraction of sp³-hybridized carbons (Fsp3) is 0.423. The normalized spacial score (nSPS) is 15.6. The van der Waals surface area contributed by atoms with E-state index in [4.69, 9.17) is 11.6 Å². The maximum atomic E-state index is 13.2. The second kappa shape index (κ2) is 9.36. The molecule has 1 aromatic heterocycles. The molecular formula is C26H31ClN2O4S. The number of benzene rings is 2. The van der Waals surface area contributed by atoms with E-state index >= 15 is 0 Å². The Balaban J connectivity index is 1.81. The average molecular weight is 503 g/mol. The van der Waals surface area contributed by atoms with Gasteiger partial charge in [-0.25, -0.2) is 13.1 Å². The fourth-order valence-electron chi connectivity index (χ4n) is 4.66. The van der Waals surface area contributed by atoms with Gasteiger partial charge in [-0.15, -0.1) is 0 Å². The van der Waals surface area contributed by atoms with Crippen LogP contribution in [0.1, 0.15) is 64.0 Å². The molecule has 1 heterocycles. The van der Waals surface area contributed by atoms with Crippen LogP contribution < -0.4 is 4.72 Å². The number of H-pyrrole nitrogens is 1. The number of rotatable bonds is 6. The predicted molar refractivity (Wildman–Crippen MR) is 136 cm³/mol. The molecule has 0 atom stereocenters. The molecule has 1 saturated carbocycles. The Bertz CT molecular complexity index is 1330. The van der Waals surface area contributed by atoms with E-state index in [0.29, 0.717) is 16.8 Å². The number of fused-ring (bicyclic) bond motifs is 1. The summed E-state index contributed by atoms with van der Waals surface area (Å²) in [5.74, 6) is -0.955. The summed E-state index contributed by atoms with van der Waals surface area (Å²) >= 11 is 6.34. The van der Waals surface area contributed by atoms with Crippen LogP contribution in [0.15, 0.2) is 41.3 Å². The Morgan fingerprint density at radius 2 is 1.82 bits per heavy atom. The molecule has 1 fully saturated rings. The number of nitrogens with one attached hydrogen (secondary N) is 2. The van der Waals surface area contributed by atoms with Gasteiger partial charge in [-0.1, -0.05) is 63.8 Å². The second-order valence-electron chi connectivity index (χ2n) is 10.2. The predicted octanol–water partition coefficient (Wildman–Crippen LogP) is 6.02. The van der Waals surface area contributed by atoms with Gasteiger partial charge in [0.05, 0.1) is 17.1 Å². The van der Waals surface area contributed by atoms with E-state index in [-0.39, 0.29) is 27.8 Å². The first-order valence-corrected chi connectivity index (χ1v) is 13.5. The van der Waals surface area contributed by atoms with Crippen molar-refractivity contribution in [1.29, 1.82) is 0 Å². The lowest BCUT2D eigenvalue weighted by atomic mass is 9.86. The monoisotopic (exact) mass is 502 g/mol. The number of hydrogen-bond donors (Lipinski definition) is 3. The minimum atomic E-state index is -3.83. The number of carboxylic acid groups (broad SMARTS) is 1. The van der Waals surface area contributed by atoms with Crippen LogP contribution >= 0.6 is 11.6 Å². The summed E-state index contributed by atoms with van der Waals surface area (Å²) < 4.78 is 29.2. The van der Waals surface area contributed by atoms with Gasteiger partial charge >= 0.3 is 5.97 Å². The van der Waals surface area contributed by atoms with E-state index in [2.05, 4.69) is 30.5 Å². The highest BCUT2D eigenvalue weighted by Gasteiger charge is 2.26. The first-order valence-electron chi connectivity index (χ1n) is 11.6. The Hall–Kier alpha value is -2.35. The summed E-state index contributed by atoms with van der Waals surface area (Å²) in [5.41, 5.74) is 3.59. The Morgan fingerprint density at radius 3 is 2.47 bits per heavy atom. The van der Waals surface area contributed by atoms with Crippen molar-refractivity contribution in [2.24, 2.45) is 0 Å². The number of sulfonamides is 1. The molecule has 8 heteroatoms. The van der Waals surface area contributed by atoms with Crippen LogP contribution in [0.2, 0.25) is 5.02 Å². The van der Waals surface area contributed by atoms with Crippen molar-refractivity contribution < 1.29 is 18.3 Å². The minimum absolute atomic E-state index is 0.00699. The third-order valence-electron chi connectivity index (χ3n) is 6.54. The van der Waals surface area contributed by atoms with Crippen molar-refractivity contribution in [2.75, 3.05) is 0 Å². The van der Waals surface area contributed by atoms with E-state index in [1.165, 1.54) is 6.07 Å². The molecule has 0 radical (unpaired) electrons. The van der Waals surface area contributed by atoms with Gasteiger partial charge in [0.25, 0.3) is 0 Å². The summed E-state index contributed by atoms with van der Waals surface area (Å²) in [6.07, 6.45) is 4.58. The van der Waals surface area contributed by atoms with Crippen LogP contribution in [-0.2, 0) is 26.7 Å². The zero-order chi connectivity index (χ0) is 24.7. The molecule has 4 rings (SSSR count). The fourth-order valence-corrected chi connectivity index (χ4v) is 6.49. The van der Waals surface area contributed by atoms with Gasteiger partial charge in [0.15, 0.2) is 0 Å². The van der Waals surface area contributed by atoms with Crippen LogP contribution in [-0.4, -0.2) is 30.5 Å². The summed E-state index contributed by atoms with van der Waals surface area (Å²) in [4.78, 5) is 15.1. The highest BCUT2D eigenvalue weighted by Crippen LogP contribution is 2.36. The topological polar surface area (TPSA) is 99.3 Å². The van der Waals surface area contributed by atoms with Gasteiger partial charge in [0.2, 0.25) is 10.0 Å². The lowest BCUT2D eigenvalue weighted by Gasteiger charge is -2.23. The first kappa shape index (κ1) is 24.8. The molecule has 1 aliphatic rings. The molecule has 3 aromatic rings. The quantitative estimate of drug-likeness (QED) is 0.383. The Kier molecular flexibility index (Phi) is 6.82. The maximum Gasteiger partial charge on any atom is 0.307 e. The molecule has 0 spiro atoms. The van der Waals surface area contributed by atoms with Gasteiger partial charge in [0, 0.05) is 16.9 Å². The van der Waals surface area contributed by atoms with Crippen molar-refractivity contribution in [1.82, 2.24) is 9.71 Å². The van der Waals surface area contributed by atoms with E-state index in [9.17, 15) is 18.3 Å². The van der Waals surface area contributed by atoms with Gasteiger partial charge < -0.3 is 10.1 Å². The molecule has 2 aromatic carbocycles. The minimum Gasteiger partial charge on any atom is -0.481 e. The molecule has 0 unspecified atom stereocenters. The van der Waals surface area contributed by atoms with Crippen molar-refractivity contribution in [2.45, 2.75) is 75.6 Å². The molecule has 0 saturated heterocycles. The van der Waals surface area contributed by atoms with Crippen LogP contribution in [0, 0.1) is 0 Å². The van der Waals surface area contributed by atoms with Gasteiger partial charge in [0.1, 0.15) is 4.90 Å². The smallest absolute Gasteiger partial charge is 0.307 e. The molecule has 0 aliphatic heterocycles. The second-order valence-corrected chi connectivity index (χ2v) is 12.3. The lowest BCUT2D eigenvalue weighted by Crippen LogP contribution is -2.36.